The molecule has 2 N–H and O–H groups in total. The highest BCUT2D eigenvalue weighted by atomic mass is 32.2. The van der Waals surface area contributed by atoms with E-state index in [0.29, 0.717) is 10.5 Å². The first-order valence-corrected chi connectivity index (χ1v) is 17.1. The highest BCUT2D eigenvalue weighted by molar-refractivity contribution is 7.94. The molecule has 0 aliphatic heterocycles. The molecule has 0 spiro atoms. The Morgan fingerprint density at radius 3 is 2.04 bits per heavy atom. The first kappa shape index (κ1) is 34.3. The first-order valence-electron chi connectivity index (χ1n) is 15.3. The third kappa shape index (κ3) is 9.30. The normalized spacial score (nSPS) is 14.7. The maximum atomic E-state index is 11.9. The van der Waals surface area contributed by atoms with Gasteiger partial charge in [0.1, 0.15) is 0 Å². The second-order valence-electron chi connectivity index (χ2n) is 10.8. The van der Waals surface area contributed by atoms with E-state index < -0.39 is 11.4 Å². The number of nitrogens with zero attached hydrogens (tertiary/aromatic N) is 2. The summed E-state index contributed by atoms with van der Waals surface area (Å²) in [6, 6.07) is 34.3. The van der Waals surface area contributed by atoms with Gasteiger partial charge >= 0.3 is 11.4 Å². The SMILES string of the molecule is CCN(Cc1ccccc1)c1ccc(C(=C2C=CC(N(CC)Cc3ccccc3)C=C2)c2ccc(SOOO)cc2OS(=O)O)cc1. The molecular formula is C37H38N2O6S2. The summed E-state index contributed by atoms with van der Waals surface area (Å²) < 4.78 is 31.7. The van der Waals surface area contributed by atoms with Gasteiger partial charge in [-0.3, -0.25) is 9.45 Å². The molecular weight excluding hydrogens is 633 g/mol. The molecule has 0 heterocycles. The van der Waals surface area contributed by atoms with Crippen molar-refractivity contribution in [3.8, 4) is 5.75 Å². The van der Waals surface area contributed by atoms with Crippen molar-refractivity contribution in [2.24, 2.45) is 0 Å². The van der Waals surface area contributed by atoms with Gasteiger partial charge in [0.2, 0.25) is 0 Å². The second kappa shape index (κ2) is 17.2. The van der Waals surface area contributed by atoms with Crippen LogP contribution in [0.4, 0.5) is 5.69 Å². The van der Waals surface area contributed by atoms with Crippen LogP contribution >= 0.6 is 12.0 Å². The highest BCUT2D eigenvalue weighted by Gasteiger charge is 2.21. The number of anilines is 1. The molecule has 0 bridgehead atoms. The monoisotopic (exact) mass is 670 g/mol. The molecule has 0 saturated heterocycles. The van der Waals surface area contributed by atoms with Gasteiger partial charge in [-0.2, -0.15) is 4.21 Å². The van der Waals surface area contributed by atoms with Crippen molar-refractivity contribution in [2.75, 3.05) is 18.0 Å². The molecule has 1 aliphatic rings. The fraction of sp³-hybridized carbons (Fsp3) is 0.189. The first-order chi connectivity index (χ1) is 23.0. The second-order valence-corrected chi connectivity index (χ2v) is 12.2. The third-order valence-corrected chi connectivity index (χ3v) is 8.85. The number of rotatable bonds is 15. The van der Waals surface area contributed by atoms with Crippen LogP contribution in [-0.4, -0.2) is 38.1 Å². The molecule has 1 aliphatic carbocycles. The van der Waals surface area contributed by atoms with E-state index in [4.69, 9.17) is 9.44 Å². The fourth-order valence-corrected chi connectivity index (χ4v) is 6.33. The van der Waals surface area contributed by atoms with Crippen LogP contribution in [0, 0.1) is 0 Å². The summed E-state index contributed by atoms with van der Waals surface area (Å²) in [6.45, 7) is 7.61. The Balaban J connectivity index is 1.53. The maximum Gasteiger partial charge on any atom is 0.357 e. The van der Waals surface area contributed by atoms with Gasteiger partial charge in [-0.05, 0) is 71.6 Å². The molecule has 1 atom stereocenters. The molecule has 0 aromatic heterocycles. The van der Waals surface area contributed by atoms with E-state index >= 15 is 0 Å². The van der Waals surface area contributed by atoms with Crippen LogP contribution in [-0.2, 0) is 33.8 Å². The minimum Gasteiger partial charge on any atom is -0.379 e. The molecule has 4 aromatic carbocycles. The predicted molar refractivity (Wildman–Crippen MR) is 189 cm³/mol. The number of allylic oxidation sites excluding steroid dienone is 3. The lowest BCUT2D eigenvalue weighted by molar-refractivity contribution is -0.432. The summed E-state index contributed by atoms with van der Waals surface area (Å²) in [6.07, 6.45) is 8.55. The predicted octanol–water partition coefficient (Wildman–Crippen LogP) is 8.48. The zero-order valence-electron chi connectivity index (χ0n) is 26.3. The van der Waals surface area contributed by atoms with Crippen LogP contribution in [0.15, 0.2) is 138 Å². The lowest BCUT2D eigenvalue weighted by Crippen LogP contribution is -2.32. The molecule has 5 rings (SSSR count). The lowest BCUT2D eigenvalue weighted by Gasteiger charge is -2.28. The molecule has 0 fully saturated rings. The van der Waals surface area contributed by atoms with Crippen molar-refractivity contribution in [1.29, 1.82) is 0 Å². The van der Waals surface area contributed by atoms with Gasteiger partial charge in [0, 0.05) is 41.8 Å². The molecule has 8 nitrogen and oxygen atoms in total. The van der Waals surface area contributed by atoms with E-state index in [1.807, 2.05) is 24.3 Å². The summed E-state index contributed by atoms with van der Waals surface area (Å²) in [7, 11) is 0. The van der Waals surface area contributed by atoms with Crippen LogP contribution in [0.3, 0.4) is 0 Å². The fourth-order valence-electron chi connectivity index (χ4n) is 5.65. The van der Waals surface area contributed by atoms with Crippen molar-refractivity contribution in [3.63, 3.8) is 0 Å². The molecule has 0 amide bonds. The quantitative estimate of drug-likeness (QED) is 0.0559. The van der Waals surface area contributed by atoms with Crippen LogP contribution in [0.25, 0.3) is 5.57 Å². The molecule has 47 heavy (non-hydrogen) atoms. The Labute approximate surface area is 283 Å². The topological polar surface area (TPSA) is 91.7 Å². The smallest absolute Gasteiger partial charge is 0.357 e. The van der Waals surface area contributed by atoms with E-state index in [2.05, 4.69) is 118 Å². The van der Waals surface area contributed by atoms with Crippen LogP contribution in [0.5, 0.6) is 5.75 Å². The van der Waals surface area contributed by atoms with Crippen LogP contribution in [0.2, 0.25) is 0 Å². The number of hydrogen-bond acceptors (Lipinski definition) is 8. The Morgan fingerprint density at radius 1 is 0.830 bits per heavy atom. The number of hydrogen-bond donors (Lipinski definition) is 2. The maximum absolute atomic E-state index is 11.9. The summed E-state index contributed by atoms with van der Waals surface area (Å²) in [5.74, 6) is 0.173. The van der Waals surface area contributed by atoms with E-state index in [0.717, 1.165) is 60.6 Å². The van der Waals surface area contributed by atoms with Crippen LogP contribution in [0.1, 0.15) is 36.1 Å². The minimum atomic E-state index is -2.58. The number of likely N-dealkylation sites (N-methyl/N-ethyl adjacent to an activating group) is 1. The van der Waals surface area contributed by atoms with Crippen molar-refractivity contribution in [3.05, 3.63) is 155 Å². The molecule has 0 saturated carbocycles. The zero-order valence-corrected chi connectivity index (χ0v) is 27.9. The summed E-state index contributed by atoms with van der Waals surface area (Å²) >= 11 is -1.84. The van der Waals surface area contributed by atoms with E-state index in [1.54, 1.807) is 18.2 Å². The molecule has 0 radical (unpaired) electrons. The van der Waals surface area contributed by atoms with E-state index in [1.165, 1.54) is 11.1 Å². The molecule has 1 unspecified atom stereocenters. The van der Waals surface area contributed by atoms with Gasteiger partial charge in [-0.25, -0.2) is 5.26 Å². The molecule has 244 valence electrons. The van der Waals surface area contributed by atoms with Crippen molar-refractivity contribution in [1.82, 2.24) is 4.90 Å². The van der Waals surface area contributed by atoms with Gasteiger partial charge in [-0.1, -0.05) is 109 Å². The average molecular weight is 671 g/mol. The summed E-state index contributed by atoms with van der Waals surface area (Å²) in [5, 5.41) is 12.4. The van der Waals surface area contributed by atoms with Crippen molar-refractivity contribution in [2.45, 2.75) is 37.9 Å². The zero-order chi connectivity index (χ0) is 33.0. The Bertz CT molecular complexity index is 1700. The summed E-state index contributed by atoms with van der Waals surface area (Å²) in [4.78, 5) is 5.19. The highest BCUT2D eigenvalue weighted by Crippen LogP contribution is 2.39. The largest absolute Gasteiger partial charge is 0.379 e. The van der Waals surface area contributed by atoms with Crippen molar-refractivity contribution < 1.29 is 27.6 Å². The molecule has 10 heteroatoms. The Kier molecular flexibility index (Phi) is 12.6. The standard InChI is InChI=1S/C37H38N2O6S2/c1-3-38(26-28-11-7-5-8-12-28)32-19-15-30(16-20-32)37(35-24-23-34(46-45-44-40)25-36(35)43-47(41)42)31-17-21-33(22-18-31)39(4-2)27-29-13-9-6-10-14-29/h5-25,32,40H,3-4,26-27H2,1-2H3,(H,41,42). The van der Waals surface area contributed by atoms with Crippen molar-refractivity contribution >= 4 is 34.7 Å². The van der Waals surface area contributed by atoms with Gasteiger partial charge in [0.05, 0.1) is 12.0 Å². The summed E-state index contributed by atoms with van der Waals surface area (Å²) in [5.41, 5.74) is 6.84. The van der Waals surface area contributed by atoms with Gasteiger partial charge in [-0.15, -0.1) is 4.33 Å². The van der Waals surface area contributed by atoms with E-state index in [9.17, 15) is 8.76 Å². The van der Waals surface area contributed by atoms with Gasteiger partial charge in [0.25, 0.3) is 0 Å². The minimum absolute atomic E-state index is 0.0961. The molecule has 4 aromatic rings. The third-order valence-electron chi connectivity index (χ3n) is 7.95. The lowest BCUT2D eigenvalue weighted by atomic mass is 9.89. The Hall–Kier alpha value is -4.00. The average Bonchev–Trinajstić information content (AvgIpc) is 3.11. The number of benzene rings is 4. The van der Waals surface area contributed by atoms with Crippen LogP contribution < -0.4 is 9.08 Å². The Morgan fingerprint density at radius 2 is 1.47 bits per heavy atom. The van der Waals surface area contributed by atoms with Gasteiger partial charge < -0.3 is 9.08 Å². The van der Waals surface area contributed by atoms with E-state index in [-0.39, 0.29) is 11.8 Å². The van der Waals surface area contributed by atoms with Gasteiger partial charge in [0.15, 0.2) is 5.75 Å².